The van der Waals surface area contributed by atoms with Crippen molar-refractivity contribution in [3.8, 4) is 0 Å². The first-order valence-corrected chi connectivity index (χ1v) is 12.8. The van der Waals surface area contributed by atoms with Crippen molar-refractivity contribution in [2.24, 2.45) is 0 Å². The first kappa shape index (κ1) is 27.1. The molecule has 0 radical (unpaired) electrons. The monoisotopic (exact) mass is 516 g/mol. The Morgan fingerprint density at radius 3 is 2.56 bits per heavy atom. The number of carbonyl (C=O) groups is 3. The molecule has 0 saturated carbocycles. The lowest BCUT2D eigenvalue weighted by atomic mass is 10.0. The number of thioether (sulfide) groups is 1. The zero-order chi connectivity index (χ0) is 26.1. The first-order chi connectivity index (χ1) is 17.3. The molecule has 3 rings (SSSR count). The molecule has 1 unspecified atom stereocenters. The van der Waals surface area contributed by atoms with Gasteiger partial charge in [0.25, 0.3) is 5.91 Å². The normalized spacial score (nSPS) is 14.9. The van der Waals surface area contributed by atoms with Gasteiger partial charge in [-0.15, -0.1) is 11.8 Å². The number of anilines is 3. The number of hydrogen-bond acceptors (Lipinski definition) is 11. The molecule has 0 bridgehead atoms. The Kier molecular flexibility index (Phi) is 9.74. The molecule has 1 amide bonds. The lowest BCUT2D eigenvalue weighted by Gasteiger charge is -2.17. The van der Waals surface area contributed by atoms with E-state index in [1.807, 2.05) is 12.1 Å². The molecular weight excluding hydrogens is 484 g/mol. The Labute approximate surface area is 214 Å². The van der Waals surface area contributed by atoms with Gasteiger partial charge in [0.05, 0.1) is 13.2 Å². The summed E-state index contributed by atoms with van der Waals surface area (Å²) in [6, 6.07) is 6.18. The summed E-state index contributed by atoms with van der Waals surface area (Å²) in [7, 11) is 0. The number of hydrogen-bond donors (Lipinski definition) is 4. The first-order valence-electron chi connectivity index (χ1n) is 11.8. The van der Waals surface area contributed by atoms with Gasteiger partial charge in [0.15, 0.2) is 0 Å². The third kappa shape index (κ3) is 7.23. The molecule has 1 aliphatic rings. The van der Waals surface area contributed by atoms with Crippen molar-refractivity contribution < 1.29 is 23.9 Å². The number of rotatable bonds is 12. The number of nitrogens with one attached hydrogen (secondary N) is 2. The van der Waals surface area contributed by atoms with Gasteiger partial charge in [-0.1, -0.05) is 0 Å². The van der Waals surface area contributed by atoms with Crippen LogP contribution in [0, 0.1) is 0 Å². The number of carbonyl (C=O) groups excluding carboxylic acids is 3. The average Bonchev–Trinajstić information content (AvgIpc) is 3.25. The summed E-state index contributed by atoms with van der Waals surface area (Å²) in [5.74, 6) is 0.873. The van der Waals surface area contributed by atoms with Crippen LogP contribution in [0.2, 0.25) is 0 Å². The van der Waals surface area contributed by atoms with Crippen LogP contribution >= 0.6 is 11.8 Å². The zero-order valence-electron chi connectivity index (χ0n) is 20.4. The maximum absolute atomic E-state index is 12.7. The van der Waals surface area contributed by atoms with E-state index < -0.39 is 23.9 Å². The van der Waals surface area contributed by atoms with Crippen LogP contribution < -0.4 is 22.1 Å². The fourth-order valence-electron chi connectivity index (χ4n) is 3.86. The van der Waals surface area contributed by atoms with Crippen LogP contribution in [-0.2, 0) is 19.1 Å². The van der Waals surface area contributed by atoms with Crippen molar-refractivity contribution in [2.45, 2.75) is 50.0 Å². The largest absolute Gasteiger partial charge is 0.466 e. The van der Waals surface area contributed by atoms with E-state index in [4.69, 9.17) is 20.9 Å². The Hall–Kier alpha value is -3.54. The molecule has 0 aliphatic carbocycles. The molecule has 0 saturated heterocycles. The van der Waals surface area contributed by atoms with E-state index >= 15 is 0 Å². The second kappa shape index (κ2) is 13.0. The zero-order valence-corrected chi connectivity index (χ0v) is 21.2. The second-order valence-electron chi connectivity index (χ2n) is 8.09. The minimum absolute atomic E-state index is 0.000668. The smallest absolute Gasteiger partial charge is 0.328 e. The highest BCUT2D eigenvalue weighted by Crippen LogP contribution is 2.37. The van der Waals surface area contributed by atoms with E-state index in [0.29, 0.717) is 17.2 Å². The molecule has 1 aromatic heterocycles. The third-order valence-corrected chi connectivity index (χ3v) is 6.63. The Bertz CT molecular complexity index is 1080. The molecule has 36 heavy (non-hydrogen) atoms. The highest BCUT2D eigenvalue weighted by Gasteiger charge is 2.27. The Morgan fingerprint density at radius 1 is 1.14 bits per heavy atom. The summed E-state index contributed by atoms with van der Waals surface area (Å²) >= 11 is 1.66. The molecule has 1 aromatic carbocycles. The fourth-order valence-corrected chi connectivity index (χ4v) is 4.83. The van der Waals surface area contributed by atoms with Gasteiger partial charge in [0, 0.05) is 34.9 Å². The van der Waals surface area contributed by atoms with Crippen molar-refractivity contribution in [2.75, 3.05) is 42.3 Å². The van der Waals surface area contributed by atoms with E-state index in [2.05, 4.69) is 20.6 Å². The van der Waals surface area contributed by atoms with Crippen molar-refractivity contribution in [1.82, 2.24) is 15.3 Å². The lowest BCUT2D eigenvalue weighted by Crippen LogP contribution is -2.42. The van der Waals surface area contributed by atoms with Crippen LogP contribution in [-0.4, -0.2) is 59.4 Å². The van der Waals surface area contributed by atoms with E-state index in [9.17, 15) is 14.4 Å². The number of esters is 2. The summed E-state index contributed by atoms with van der Waals surface area (Å²) in [5, 5.41) is 5.90. The van der Waals surface area contributed by atoms with Crippen LogP contribution in [0.25, 0.3) is 0 Å². The molecule has 0 fully saturated rings. The lowest BCUT2D eigenvalue weighted by molar-refractivity contribution is -0.146. The third-order valence-electron chi connectivity index (χ3n) is 5.59. The number of benzene rings is 1. The summed E-state index contributed by atoms with van der Waals surface area (Å²) < 4.78 is 9.94. The molecule has 2 aromatic rings. The number of nitrogens with zero attached hydrogens (tertiary/aromatic N) is 2. The molecule has 194 valence electrons. The van der Waals surface area contributed by atoms with E-state index in [0.717, 1.165) is 29.2 Å². The molecule has 6 N–H and O–H groups in total. The number of aromatic nitrogens is 2. The average molecular weight is 517 g/mol. The number of ether oxygens (including phenoxy) is 2. The number of nitrogen functional groups attached to an aromatic ring is 2. The van der Waals surface area contributed by atoms with Gasteiger partial charge >= 0.3 is 11.9 Å². The van der Waals surface area contributed by atoms with Gasteiger partial charge in [0.2, 0.25) is 5.95 Å². The highest BCUT2D eigenvalue weighted by atomic mass is 32.2. The molecule has 0 spiro atoms. The van der Waals surface area contributed by atoms with Gasteiger partial charge in [-0.2, -0.15) is 9.97 Å². The van der Waals surface area contributed by atoms with Gasteiger partial charge < -0.3 is 31.6 Å². The molecular formula is C24H32N6O5S. The minimum atomic E-state index is -0.939. The quantitative estimate of drug-likeness (QED) is 0.241. The maximum Gasteiger partial charge on any atom is 0.328 e. The number of fused-ring (bicyclic) bond motifs is 1. The fraction of sp³-hybridized carbons (Fsp3) is 0.458. The molecule has 1 aliphatic heterocycles. The molecule has 2 heterocycles. The predicted molar refractivity (Wildman–Crippen MR) is 138 cm³/mol. The standard InChI is InChI=1S/C24H32N6O5S/c1-3-34-18(31)10-9-17(23(33)35-4-2)28-22(32)14-5-7-16(8-6-14)36-12-11-15-13-27-21-19(15)20(25)29-24(26)30-21/h5-8,15,17H,3-4,9-13H2,1-2H3,(H,28,32)(H5,25,26,27,29,30)/t15?,17-/m0/s1. The molecule has 11 nitrogen and oxygen atoms in total. The summed E-state index contributed by atoms with van der Waals surface area (Å²) in [6.07, 6.45) is 0.962. The number of nitrogens with two attached hydrogens (primary N) is 2. The van der Waals surface area contributed by atoms with E-state index in [-0.39, 0.29) is 37.9 Å². The Balaban J connectivity index is 1.52. The van der Waals surface area contributed by atoms with Crippen molar-refractivity contribution in [3.05, 3.63) is 35.4 Å². The van der Waals surface area contributed by atoms with Gasteiger partial charge in [-0.25, -0.2) is 4.79 Å². The highest BCUT2D eigenvalue weighted by molar-refractivity contribution is 7.99. The predicted octanol–water partition coefficient (Wildman–Crippen LogP) is 2.34. The maximum atomic E-state index is 12.7. The van der Waals surface area contributed by atoms with Crippen LogP contribution in [0.4, 0.5) is 17.6 Å². The van der Waals surface area contributed by atoms with E-state index in [1.165, 1.54) is 0 Å². The molecule has 2 atom stereocenters. The summed E-state index contributed by atoms with van der Waals surface area (Å²) in [6.45, 7) is 4.54. The van der Waals surface area contributed by atoms with Gasteiger partial charge in [-0.3, -0.25) is 9.59 Å². The van der Waals surface area contributed by atoms with Crippen molar-refractivity contribution in [3.63, 3.8) is 0 Å². The van der Waals surface area contributed by atoms with Crippen molar-refractivity contribution >= 4 is 47.2 Å². The van der Waals surface area contributed by atoms with Crippen LogP contribution in [0.3, 0.4) is 0 Å². The van der Waals surface area contributed by atoms with E-state index in [1.54, 1.807) is 37.7 Å². The number of amides is 1. The Morgan fingerprint density at radius 2 is 1.86 bits per heavy atom. The van der Waals surface area contributed by atoms with Crippen LogP contribution in [0.5, 0.6) is 0 Å². The molecule has 12 heteroatoms. The van der Waals surface area contributed by atoms with Gasteiger partial charge in [-0.05, 0) is 56.7 Å². The van der Waals surface area contributed by atoms with Gasteiger partial charge in [0.1, 0.15) is 17.7 Å². The second-order valence-corrected chi connectivity index (χ2v) is 9.26. The summed E-state index contributed by atoms with van der Waals surface area (Å²) in [5.41, 5.74) is 13.0. The van der Waals surface area contributed by atoms with Crippen molar-refractivity contribution in [1.29, 1.82) is 0 Å². The summed E-state index contributed by atoms with van der Waals surface area (Å²) in [4.78, 5) is 45.9. The topological polar surface area (TPSA) is 172 Å². The SMILES string of the molecule is CCOC(=O)CC[C@H](NC(=O)c1ccc(SCCC2CNc3nc(N)nc(N)c32)cc1)C(=O)OCC. The minimum Gasteiger partial charge on any atom is -0.466 e. The van der Waals surface area contributed by atoms with Crippen LogP contribution in [0.1, 0.15) is 54.9 Å². The van der Waals surface area contributed by atoms with Crippen LogP contribution in [0.15, 0.2) is 29.2 Å².